The highest BCUT2D eigenvalue weighted by molar-refractivity contribution is 7.80. The van der Waals surface area contributed by atoms with E-state index in [4.69, 9.17) is 9.47 Å². The van der Waals surface area contributed by atoms with Crippen LogP contribution in [0.15, 0.2) is 29.2 Å². The third-order valence-electron chi connectivity index (χ3n) is 3.57. The number of methoxy groups -OCH3 is 1. The molecule has 5 nitrogen and oxygen atoms in total. The van der Waals surface area contributed by atoms with Crippen LogP contribution in [-0.2, 0) is 0 Å². The second kappa shape index (κ2) is 7.77. The monoisotopic (exact) mass is 365 g/mol. The number of benzene rings is 1. The summed E-state index contributed by atoms with van der Waals surface area (Å²) in [5.74, 6) is 2.00. The van der Waals surface area contributed by atoms with Crippen molar-refractivity contribution in [1.29, 1.82) is 0 Å². The number of aromatic amines is 1. The number of pyridine rings is 1. The van der Waals surface area contributed by atoms with Crippen LogP contribution < -0.4 is 9.47 Å². The molecule has 0 saturated carbocycles. The van der Waals surface area contributed by atoms with Crippen molar-refractivity contribution in [2.75, 3.05) is 13.7 Å². The third kappa shape index (κ3) is 3.44. The number of rotatable bonds is 5. The van der Waals surface area contributed by atoms with E-state index < -0.39 is 0 Å². The molecule has 3 rings (SSSR count). The molecular formula is C17H20ClN3O2S. The van der Waals surface area contributed by atoms with Crippen molar-refractivity contribution in [3.63, 3.8) is 0 Å². The lowest BCUT2D eigenvalue weighted by atomic mass is 10.1. The average molecular weight is 366 g/mol. The highest BCUT2D eigenvalue weighted by Gasteiger charge is 2.16. The van der Waals surface area contributed by atoms with Gasteiger partial charge in [-0.3, -0.25) is 0 Å². The first-order valence-electron chi connectivity index (χ1n) is 7.50. The van der Waals surface area contributed by atoms with Gasteiger partial charge in [-0.05, 0) is 31.0 Å². The highest BCUT2D eigenvalue weighted by Crippen LogP contribution is 2.37. The number of aromatic nitrogens is 3. The predicted molar refractivity (Wildman–Crippen MR) is 101 cm³/mol. The maximum absolute atomic E-state index is 5.91. The van der Waals surface area contributed by atoms with E-state index >= 15 is 0 Å². The van der Waals surface area contributed by atoms with Crippen molar-refractivity contribution < 1.29 is 9.47 Å². The Labute approximate surface area is 152 Å². The first-order chi connectivity index (χ1) is 11.1. The maximum Gasteiger partial charge on any atom is 0.215 e. The van der Waals surface area contributed by atoms with Crippen LogP contribution in [0.25, 0.3) is 22.6 Å². The molecule has 0 bridgehead atoms. The summed E-state index contributed by atoms with van der Waals surface area (Å²) in [6.45, 7) is 4.72. The van der Waals surface area contributed by atoms with Crippen molar-refractivity contribution in [2.24, 2.45) is 0 Å². The molecule has 0 unspecified atom stereocenters. The summed E-state index contributed by atoms with van der Waals surface area (Å²) in [6, 6.07) is 7.71. The fourth-order valence-corrected chi connectivity index (χ4v) is 2.58. The Morgan fingerprint density at radius 2 is 1.96 bits per heavy atom. The van der Waals surface area contributed by atoms with E-state index in [0.29, 0.717) is 24.0 Å². The quantitative estimate of drug-likeness (QED) is 0.656. The molecule has 0 aliphatic rings. The standard InChI is InChI=1S/C17H19N3O2S.ClH/c1-4-9-22-14-11(6-5-10(2)15(14)23)16-18-12-7-8-13(21-3)19-17(12)20-16;/h5-8,23H,4,9H2,1-3H3,(H,18,19,20);1H. The van der Waals surface area contributed by atoms with Crippen molar-refractivity contribution in [2.45, 2.75) is 25.2 Å². The van der Waals surface area contributed by atoms with E-state index in [-0.39, 0.29) is 12.4 Å². The summed E-state index contributed by atoms with van der Waals surface area (Å²) in [6.07, 6.45) is 0.930. The van der Waals surface area contributed by atoms with Crippen molar-refractivity contribution >= 4 is 36.2 Å². The smallest absolute Gasteiger partial charge is 0.215 e. The molecule has 0 fully saturated rings. The minimum Gasteiger partial charge on any atom is -0.492 e. The lowest BCUT2D eigenvalue weighted by Gasteiger charge is -2.13. The van der Waals surface area contributed by atoms with Gasteiger partial charge in [0.2, 0.25) is 5.88 Å². The number of hydrogen-bond donors (Lipinski definition) is 2. The van der Waals surface area contributed by atoms with Crippen molar-refractivity contribution in [3.05, 3.63) is 29.8 Å². The van der Waals surface area contributed by atoms with E-state index in [2.05, 4.69) is 34.5 Å². The summed E-state index contributed by atoms with van der Waals surface area (Å²) in [7, 11) is 1.59. The van der Waals surface area contributed by atoms with Crippen LogP contribution in [0.5, 0.6) is 11.6 Å². The minimum absolute atomic E-state index is 0. The number of hydrogen-bond acceptors (Lipinski definition) is 5. The number of thiol groups is 1. The van der Waals surface area contributed by atoms with Gasteiger partial charge in [0.1, 0.15) is 11.6 Å². The van der Waals surface area contributed by atoms with Crippen LogP contribution in [0, 0.1) is 6.92 Å². The lowest BCUT2D eigenvalue weighted by Crippen LogP contribution is -1.99. The largest absolute Gasteiger partial charge is 0.492 e. The van der Waals surface area contributed by atoms with Crippen molar-refractivity contribution in [1.82, 2.24) is 15.0 Å². The Kier molecular flexibility index (Phi) is 5.96. The lowest BCUT2D eigenvalue weighted by molar-refractivity contribution is 0.311. The van der Waals surface area contributed by atoms with Gasteiger partial charge < -0.3 is 14.5 Å². The molecule has 0 aliphatic heterocycles. The molecule has 0 aliphatic carbocycles. The number of nitrogens with zero attached hydrogens (tertiary/aromatic N) is 2. The van der Waals surface area contributed by atoms with Gasteiger partial charge in [-0.2, -0.15) is 4.98 Å². The predicted octanol–water partition coefficient (Wildman–Crippen LogP) is 4.44. The number of H-pyrrole nitrogens is 1. The zero-order chi connectivity index (χ0) is 16.4. The van der Waals surface area contributed by atoms with E-state index in [1.54, 1.807) is 13.2 Å². The fourth-order valence-electron chi connectivity index (χ4n) is 2.32. The second-order valence-electron chi connectivity index (χ2n) is 5.27. The Balaban J connectivity index is 0.00000208. The molecule has 7 heteroatoms. The summed E-state index contributed by atoms with van der Waals surface area (Å²) in [5, 5.41) is 0. The van der Waals surface area contributed by atoms with Crippen molar-refractivity contribution in [3.8, 4) is 23.0 Å². The Hall–Kier alpha value is -1.92. The molecule has 1 aromatic carbocycles. The van der Waals surface area contributed by atoms with Gasteiger partial charge in [-0.25, -0.2) is 4.98 Å². The van der Waals surface area contributed by atoms with E-state index in [1.165, 1.54) is 0 Å². The molecule has 0 saturated heterocycles. The molecule has 2 aromatic heterocycles. The summed E-state index contributed by atoms with van der Waals surface area (Å²) in [4.78, 5) is 13.0. The summed E-state index contributed by atoms with van der Waals surface area (Å²) < 4.78 is 11.1. The van der Waals surface area contributed by atoms with Gasteiger partial charge in [-0.1, -0.05) is 13.0 Å². The molecule has 24 heavy (non-hydrogen) atoms. The first kappa shape index (κ1) is 18.4. The summed E-state index contributed by atoms with van der Waals surface area (Å²) in [5.41, 5.74) is 3.41. The van der Waals surface area contributed by atoms with Gasteiger partial charge in [0.25, 0.3) is 0 Å². The Morgan fingerprint density at radius 1 is 1.17 bits per heavy atom. The van der Waals surface area contributed by atoms with Gasteiger partial charge >= 0.3 is 0 Å². The van der Waals surface area contributed by atoms with Gasteiger partial charge in [0, 0.05) is 11.0 Å². The molecule has 1 N–H and O–H groups in total. The first-order valence-corrected chi connectivity index (χ1v) is 7.95. The normalized spacial score (nSPS) is 10.5. The molecular weight excluding hydrogens is 346 g/mol. The van der Waals surface area contributed by atoms with Crippen LogP contribution in [-0.4, -0.2) is 28.7 Å². The zero-order valence-corrected chi connectivity index (χ0v) is 15.5. The number of aryl methyl sites for hydroxylation is 1. The molecule has 2 heterocycles. The molecule has 0 amide bonds. The van der Waals surface area contributed by atoms with Crippen LogP contribution >= 0.6 is 25.0 Å². The number of ether oxygens (including phenoxy) is 2. The molecule has 0 radical (unpaired) electrons. The highest BCUT2D eigenvalue weighted by atomic mass is 35.5. The molecule has 0 atom stereocenters. The zero-order valence-electron chi connectivity index (χ0n) is 13.8. The van der Waals surface area contributed by atoms with Gasteiger partial charge in [0.05, 0.1) is 24.8 Å². The average Bonchev–Trinajstić information content (AvgIpc) is 2.98. The SMILES string of the molecule is CCCOc1c(-c2nc3nc(OC)ccc3[nH]2)ccc(C)c1S.Cl. The van der Waals surface area contributed by atoms with Gasteiger partial charge in [0.15, 0.2) is 5.65 Å². The van der Waals surface area contributed by atoms with Crippen LogP contribution in [0.4, 0.5) is 0 Å². The third-order valence-corrected chi connectivity index (χ3v) is 4.12. The van der Waals surface area contributed by atoms with Gasteiger partial charge in [-0.15, -0.1) is 25.0 Å². The number of fused-ring (bicyclic) bond motifs is 1. The van der Waals surface area contributed by atoms with E-state index in [9.17, 15) is 0 Å². The topological polar surface area (TPSA) is 60.0 Å². The maximum atomic E-state index is 5.91. The molecule has 3 aromatic rings. The number of imidazole rings is 1. The Bertz CT molecular complexity index is 851. The number of nitrogens with one attached hydrogen (secondary N) is 1. The van der Waals surface area contributed by atoms with E-state index in [0.717, 1.165) is 33.7 Å². The van der Waals surface area contributed by atoms with Crippen LogP contribution in [0.1, 0.15) is 18.9 Å². The fraction of sp³-hybridized carbons (Fsp3) is 0.294. The summed E-state index contributed by atoms with van der Waals surface area (Å²) >= 11 is 4.60. The molecule has 0 spiro atoms. The minimum atomic E-state index is 0. The number of halogens is 1. The van der Waals surface area contributed by atoms with Crippen LogP contribution in [0.2, 0.25) is 0 Å². The second-order valence-corrected chi connectivity index (χ2v) is 5.71. The van der Waals surface area contributed by atoms with Crippen LogP contribution in [0.3, 0.4) is 0 Å². The Morgan fingerprint density at radius 3 is 2.67 bits per heavy atom. The molecule has 128 valence electrons. The van der Waals surface area contributed by atoms with E-state index in [1.807, 2.05) is 25.1 Å².